The predicted molar refractivity (Wildman–Crippen MR) is 140 cm³/mol. The topological polar surface area (TPSA) is 53.1 Å². The maximum atomic E-state index is 13.6. The van der Waals surface area contributed by atoms with Crippen LogP contribution in [0.25, 0.3) is 0 Å². The minimum absolute atomic E-state index is 0.136. The molecule has 3 aliphatic heterocycles. The van der Waals surface area contributed by atoms with Crippen LogP contribution in [0.4, 0.5) is 4.79 Å². The molecule has 35 heavy (non-hydrogen) atoms. The lowest BCUT2D eigenvalue weighted by Crippen LogP contribution is -2.58. The molecule has 0 spiro atoms. The molecule has 1 aromatic carbocycles. The van der Waals surface area contributed by atoms with E-state index in [-0.39, 0.29) is 29.9 Å². The van der Waals surface area contributed by atoms with Gasteiger partial charge in [0.15, 0.2) is 0 Å². The highest BCUT2D eigenvalue weighted by Crippen LogP contribution is 2.35. The largest absolute Gasteiger partial charge is 0.444 e. The summed E-state index contributed by atoms with van der Waals surface area (Å²) in [6.07, 6.45) is 10.3. The molecule has 3 saturated heterocycles. The molecule has 3 heterocycles. The monoisotopic (exact) mass is 519 g/mol. The van der Waals surface area contributed by atoms with Gasteiger partial charge in [-0.2, -0.15) is 0 Å². The number of terminal acetylenes is 1. The van der Waals surface area contributed by atoms with E-state index in [2.05, 4.69) is 24.3 Å². The molecular weight excluding hydrogens is 485 g/mol. The van der Waals surface area contributed by atoms with Gasteiger partial charge >= 0.3 is 6.09 Å². The number of piperidine rings is 2. The third kappa shape index (κ3) is 6.45. The van der Waals surface area contributed by atoms with E-state index in [0.29, 0.717) is 42.8 Å². The number of allylic oxidation sites excluding steroid dienone is 1. The van der Waals surface area contributed by atoms with Crippen molar-refractivity contribution in [3.05, 3.63) is 46.1 Å². The summed E-state index contributed by atoms with van der Waals surface area (Å²) in [5.74, 6) is 0.673. The van der Waals surface area contributed by atoms with Crippen molar-refractivity contribution in [3.63, 3.8) is 0 Å². The van der Waals surface area contributed by atoms with E-state index in [0.717, 1.165) is 30.5 Å². The molecule has 2 amide bonds. The highest BCUT2D eigenvalue weighted by Gasteiger charge is 2.42. The van der Waals surface area contributed by atoms with Gasteiger partial charge in [-0.1, -0.05) is 35.8 Å². The van der Waals surface area contributed by atoms with Crippen LogP contribution in [-0.4, -0.2) is 64.5 Å². The lowest BCUT2D eigenvalue weighted by molar-refractivity contribution is -0.140. The van der Waals surface area contributed by atoms with E-state index in [1.165, 1.54) is 0 Å². The van der Waals surface area contributed by atoms with Gasteiger partial charge in [-0.05, 0) is 64.0 Å². The Balaban J connectivity index is 0.00000167. The zero-order valence-electron chi connectivity index (χ0n) is 20.8. The number of benzene rings is 1. The Morgan fingerprint density at radius 2 is 1.60 bits per heavy atom. The van der Waals surface area contributed by atoms with E-state index in [9.17, 15) is 9.59 Å². The average Bonchev–Trinajstić information content (AvgIpc) is 3.15. The van der Waals surface area contributed by atoms with Crippen LogP contribution < -0.4 is 0 Å². The van der Waals surface area contributed by atoms with Crippen LogP contribution in [0.5, 0.6) is 0 Å². The average molecular weight is 521 g/mol. The Morgan fingerprint density at radius 1 is 1.06 bits per heavy atom. The number of likely N-dealkylation sites (tertiary alicyclic amines) is 3. The van der Waals surface area contributed by atoms with Crippen LogP contribution in [0.15, 0.2) is 30.5 Å². The van der Waals surface area contributed by atoms with Crippen molar-refractivity contribution in [1.29, 1.82) is 0 Å². The molecule has 2 bridgehead atoms. The number of carbonyl (C=O) groups excluding carboxylic acids is 2. The van der Waals surface area contributed by atoms with Crippen LogP contribution >= 0.6 is 23.2 Å². The Kier molecular flexibility index (Phi) is 8.67. The first kappa shape index (κ1) is 27.2. The van der Waals surface area contributed by atoms with Crippen LogP contribution in [0.3, 0.4) is 0 Å². The summed E-state index contributed by atoms with van der Waals surface area (Å²) in [5, 5.41) is 1.20. The zero-order chi connectivity index (χ0) is 25.9. The molecular formula is C27H35Cl2N3O3. The van der Waals surface area contributed by atoms with Gasteiger partial charge < -0.3 is 19.4 Å². The van der Waals surface area contributed by atoms with Gasteiger partial charge in [0.05, 0.1) is 0 Å². The first-order valence-corrected chi connectivity index (χ1v) is 12.7. The molecule has 1 aromatic rings. The Bertz CT molecular complexity index is 953. The van der Waals surface area contributed by atoms with Crippen LogP contribution in [0.2, 0.25) is 10.0 Å². The molecule has 4 rings (SSSR count). The number of ether oxygens (including phenoxy) is 1. The van der Waals surface area contributed by atoms with Crippen molar-refractivity contribution in [3.8, 4) is 12.8 Å². The van der Waals surface area contributed by atoms with Crippen molar-refractivity contribution >= 4 is 35.2 Å². The molecule has 0 saturated carbocycles. The second-order valence-corrected chi connectivity index (χ2v) is 11.4. The van der Waals surface area contributed by atoms with Crippen molar-refractivity contribution < 1.29 is 14.3 Å². The summed E-state index contributed by atoms with van der Waals surface area (Å²) in [6.45, 7) is 12.9. The van der Waals surface area contributed by atoms with Crippen LogP contribution in [-0.2, 0) is 16.1 Å². The molecule has 3 aliphatic rings. The number of carbonyl (C=O) groups is 2. The summed E-state index contributed by atoms with van der Waals surface area (Å²) in [4.78, 5) is 32.1. The molecule has 8 heteroatoms. The zero-order valence-corrected chi connectivity index (χ0v) is 22.3. The number of fused-ring (bicyclic) bond motifs is 2. The first-order chi connectivity index (χ1) is 16.5. The van der Waals surface area contributed by atoms with Crippen molar-refractivity contribution in [2.45, 2.75) is 58.2 Å². The van der Waals surface area contributed by atoms with Gasteiger partial charge in [0, 0.05) is 54.0 Å². The summed E-state index contributed by atoms with van der Waals surface area (Å²) in [6, 6.07) is 5.20. The van der Waals surface area contributed by atoms with Crippen molar-refractivity contribution in [2.75, 3.05) is 26.2 Å². The number of nitrogens with zero attached hydrogens (tertiary/aromatic N) is 3. The standard InChI is InChI=1S/C25H33Cl2N3O3.C2H2/c1-16-8-9-22(30(16)15-19-20(26)6-5-7-21(19)27)23(31)28-11-17-10-18(12-28)14-29(13-17)24(32)33-25(2,3)4;1-2/h5-7,17-18,22H,1,8-15H2,2-4H3;1-2H. The fourth-order valence-corrected chi connectivity index (χ4v) is 5.82. The second-order valence-electron chi connectivity index (χ2n) is 10.5. The SMILES string of the molecule is C#C.C=C1CCC(C(=O)N2CC3CC(CN(C(=O)OC(C)(C)C)C3)C2)N1Cc1c(Cl)cccc1Cl. The quantitative estimate of drug-likeness (QED) is 0.499. The van der Waals surface area contributed by atoms with E-state index in [1.807, 2.05) is 48.8 Å². The molecule has 0 aromatic heterocycles. The number of rotatable bonds is 3. The predicted octanol–water partition coefficient (Wildman–Crippen LogP) is 5.44. The Morgan fingerprint density at radius 3 is 2.14 bits per heavy atom. The molecule has 0 aliphatic carbocycles. The van der Waals surface area contributed by atoms with E-state index >= 15 is 0 Å². The molecule has 3 atom stereocenters. The highest BCUT2D eigenvalue weighted by molar-refractivity contribution is 6.36. The third-order valence-corrected chi connectivity index (χ3v) is 7.42. The molecule has 6 nitrogen and oxygen atoms in total. The van der Waals surface area contributed by atoms with Crippen molar-refractivity contribution in [2.24, 2.45) is 11.8 Å². The lowest BCUT2D eigenvalue weighted by Gasteiger charge is -2.46. The smallest absolute Gasteiger partial charge is 0.410 e. The van der Waals surface area contributed by atoms with Gasteiger partial charge in [0.25, 0.3) is 0 Å². The van der Waals surface area contributed by atoms with Gasteiger partial charge in [0.2, 0.25) is 5.91 Å². The lowest BCUT2D eigenvalue weighted by atomic mass is 9.84. The molecule has 3 fully saturated rings. The van der Waals surface area contributed by atoms with Crippen LogP contribution in [0, 0.1) is 24.7 Å². The number of halogens is 2. The minimum atomic E-state index is -0.509. The number of hydrogen-bond acceptors (Lipinski definition) is 4. The van der Waals surface area contributed by atoms with Gasteiger partial charge in [-0.25, -0.2) is 4.79 Å². The minimum Gasteiger partial charge on any atom is -0.444 e. The van der Waals surface area contributed by atoms with E-state index in [4.69, 9.17) is 27.9 Å². The van der Waals surface area contributed by atoms with Crippen molar-refractivity contribution in [1.82, 2.24) is 14.7 Å². The summed E-state index contributed by atoms with van der Waals surface area (Å²) in [5.41, 5.74) is 1.26. The normalized spacial score (nSPS) is 24.0. The molecule has 0 N–H and O–H groups in total. The maximum Gasteiger partial charge on any atom is 0.410 e. The van der Waals surface area contributed by atoms with E-state index in [1.54, 1.807) is 0 Å². The van der Waals surface area contributed by atoms with Crippen LogP contribution in [0.1, 0.15) is 45.6 Å². The maximum absolute atomic E-state index is 13.6. The first-order valence-electron chi connectivity index (χ1n) is 12.0. The molecule has 190 valence electrons. The number of hydrogen-bond donors (Lipinski definition) is 0. The number of amides is 2. The Hall–Kier alpha value is -2.36. The second kappa shape index (κ2) is 11.1. The highest BCUT2D eigenvalue weighted by atomic mass is 35.5. The fourth-order valence-electron chi connectivity index (χ4n) is 5.30. The fraction of sp³-hybridized carbons (Fsp3) is 0.556. The summed E-state index contributed by atoms with van der Waals surface area (Å²) in [7, 11) is 0. The van der Waals surface area contributed by atoms with E-state index < -0.39 is 5.60 Å². The van der Waals surface area contributed by atoms with Gasteiger partial charge in [0.1, 0.15) is 11.6 Å². The third-order valence-electron chi connectivity index (χ3n) is 6.71. The van der Waals surface area contributed by atoms with Gasteiger partial charge in [-0.3, -0.25) is 4.79 Å². The Labute approximate surface area is 219 Å². The molecule has 3 unspecified atom stereocenters. The summed E-state index contributed by atoms with van der Waals surface area (Å²) < 4.78 is 5.57. The molecule has 0 radical (unpaired) electrons. The summed E-state index contributed by atoms with van der Waals surface area (Å²) >= 11 is 12.8. The van der Waals surface area contributed by atoms with Gasteiger partial charge in [-0.15, -0.1) is 12.8 Å².